The predicted octanol–water partition coefficient (Wildman–Crippen LogP) is 14.1. The zero-order valence-corrected chi connectivity index (χ0v) is 36.3. The molecule has 1 aliphatic carbocycles. The zero-order chi connectivity index (χ0) is 41.2. The maximum atomic E-state index is 2.67. The summed E-state index contributed by atoms with van der Waals surface area (Å²) < 4.78 is 2.65. The van der Waals surface area contributed by atoms with Crippen LogP contribution in [0.5, 0.6) is 0 Å². The third-order valence-electron chi connectivity index (χ3n) is 14.1. The Morgan fingerprint density at radius 3 is 1.79 bits per heavy atom. The van der Waals surface area contributed by atoms with Crippen LogP contribution in [0.15, 0.2) is 170 Å². The molecule has 0 atom stereocenters. The Morgan fingerprint density at radius 2 is 1.05 bits per heavy atom. The van der Waals surface area contributed by atoms with Gasteiger partial charge in [-0.3, -0.25) is 0 Å². The van der Waals surface area contributed by atoms with Crippen LogP contribution >= 0.6 is 11.3 Å². The molecule has 0 saturated carbocycles. The van der Waals surface area contributed by atoms with Gasteiger partial charge in [-0.15, -0.1) is 11.3 Å². The van der Waals surface area contributed by atoms with Gasteiger partial charge in [-0.2, -0.15) is 0 Å². The van der Waals surface area contributed by atoms with Gasteiger partial charge in [0.25, 0.3) is 6.71 Å². The van der Waals surface area contributed by atoms with Gasteiger partial charge in [0.2, 0.25) is 0 Å². The van der Waals surface area contributed by atoms with E-state index in [1.54, 1.807) is 0 Å². The molecule has 3 aliphatic rings. The number of hydrogen-bond acceptors (Lipinski definition) is 3. The second-order valence-electron chi connectivity index (χ2n) is 18.8. The molecule has 0 saturated heterocycles. The van der Waals surface area contributed by atoms with Crippen LogP contribution in [0.1, 0.15) is 57.2 Å². The minimum absolute atomic E-state index is 0.0368. The highest BCUT2D eigenvalue weighted by molar-refractivity contribution is 7.26. The number of rotatable bonds is 4. The summed E-state index contributed by atoms with van der Waals surface area (Å²) in [4.78, 5) is 5.24. The molecule has 0 radical (unpaired) electrons. The number of fused-ring (bicyclic) bond motifs is 8. The minimum atomic E-state index is 0.0368. The molecule has 0 spiro atoms. The van der Waals surface area contributed by atoms with Gasteiger partial charge >= 0.3 is 0 Å². The van der Waals surface area contributed by atoms with E-state index in [0.717, 1.165) is 5.69 Å². The molecule has 4 heteroatoms. The van der Waals surface area contributed by atoms with E-state index < -0.39 is 0 Å². The van der Waals surface area contributed by atoms with Crippen LogP contribution in [-0.2, 0) is 10.8 Å². The minimum Gasteiger partial charge on any atom is -0.311 e. The molecule has 2 nitrogen and oxygen atoms in total. The molecule has 8 aromatic carbocycles. The lowest BCUT2D eigenvalue weighted by Gasteiger charge is -2.47. The van der Waals surface area contributed by atoms with Crippen LogP contribution < -0.4 is 26.2 Å². The first kappa shape index (κ1) is 36.5. The van der Waals surface area contributed by atoms with Crippen LogP contribution in [0.2, 0.25) is 0 Å². The summed E-state index contributed by atoms with van der Waals surface area (Å²) in [6, 6.07) is 64.2. The van der Waals surface area contributed by atoms with E-state index in [9.17, 15) is 0 Å². The van der Waals surface area contributed by atoms with Crippen LogP contribution in [0, 0.1) is 6.92 Å². The molecular formula is C57H47BN2S. The number of aryl methyl sites for hydroxylation is 1. The van der Waals surface area contributed by atoms with Crippen molar-refractivity contribution in [2.24, 2.45) is 0 Å². The number of nitrogens with zero attached hydrogens (tertiary/aromatic N) is 2. The van der Waals surface area contributed by atoms with Crippen molar-refractivity contribution in [2.75, 3.05) is 9.80 Å². The quantitative estimate of drug-likeness (QED) is 0.164. The number of benzene rings is 8. The fourth-order valence-corrected chi connectivity index (χ4v) is 12.1. The lowest BCUT2D eigenvalue weighted by Crippen LogP contribution is -2.61. The summed E-state index contributed by atoms with van der Waals surface area (Å²) in [5.74, 6) is 0. The van der Waals surface area contributed by atoms with Crippen LogP contribution in [0.3, 0.4) is 0 Å². The van der Waals surface area contributed by atoms with Gasteiger partial charge in [0.05, 0.1) is 5.69 Å². The molecule has 3 heterocycles. The van der Waals surface area contributed by atoms with Gasteiger partial charge in [-0.25, -0.2) is 0 Å². The summed E-state index contributed by atoms with van der Waals surface area (Å²) in [5.41, 5.74) is 20.8. The van der Waals surface area contributed by atoms with Gasteiger partial charge in [0.15, 0.2) is 0 Å². The molecule has 0 unspecified atom stereocenters. The summed E-state index contributed by atoms with van der Waals surface area (Å²) in [6.45, 7) is 12.2. The molecular weight excluding hydrogens is 756 g/mol. The zero-order valence-electron chi connectivity index (χ0n) is 35.5. The molecule has 294 valence electrons. The summed E-state index contributed by atoms with van der Waals surface area (Å²) >= 11 is 1.90. The van der Waals surface area contributed by atoms with Crippen LogP contribution in [-0.4, -0.2) is 6.71 Å². The van der Waals surface area contributed by atoms with Crippen LogP contribution in [0.4, 0.5) is 34.1 Å². The highest BCUT2D eigenvalue weighted by Gasteiger charge is 2.46. The van der Waals surface area contributed by atoms with Gasteiger partial charge in [-0.05, 0) is 141 Å². The van der Waals surface area contributed by atoms with Crippen molar-refractivity contribution in [2.45, 2.75) is 58.3 Å². The Labute approximate surface area is 363 Å². The van der Waals surface area contributed by atoms with E-state index in [1.165, 1.54) is 117 Å². The predicted molar refractivity (Wildman–Crippen MR) is 264 cm³/mol. The van der Waals surface area contributed by atoms with Crippen molar-refractivity contribution in [3.8, 4) is 22.3 Å². The SMILES string of the molecule is Cc1cc2c3c(c1)N(c1cccc4sc5ccccc5c14)c1cc4c(cc1B3c1ccc(-c3ccccc3)cc1N2c1cccc(-c2ccccc2)c1)C(C)(C)CCC4(C)C. The van der Waals surface area contributed by atoms with E-state index in [1.807, 2.05) is 11.3 Å². The Hall–Kier alpha value is -6.36. The molecule has 61 heavy (non-hydrogen) atoms. The van der Waals surface area contributed by atoms with Crippen molar-refractivity contribution in [1.82, 2.24) is 0 Å². The molecule has 0 N–H and O–H groups in total. The van der Waals surface area contributed by atoms with E-state index in [4.69, 9.17) is 0 Å². The largest absolute Gasteiger partial charge is 0.311 e. The van der Waals surface area contributed by atoms with E-state index in [0.29, 0.717) is 0 Å². The Bertz CT molecular complexity index is 3230. The maximum absolute atomic E-state index is 2.67. The molecule has 0 bridgehead atoms. The topological polar surface area (TPSA) is 6.48 Å². The summed E-state index contributed by atoms with van der Waals surface area (Å²) in [6.07, 6.45) is 2.34. The van der Waals surface area contributed by atoms with Crippen molar-refractivity contribution < 1.29 is 0 Å². The van der Waals surface area contributed by atoms with Gasteiger partial charge in [-0.1, -0.05) is 143 Å². The fraction of sp³-hybridized carbons (Fsp3) is 0.158. The fourth-order valence-electron chi connectivity index (χ4n) is 10.9. The van der Waals surface area contributed by atoms with Gasteiger partial charge in [0.1, 0.15) is 0 Å². The van der Waals surface area contributed by atoms with Gasteiger partial charge in [0, 0.05) is 48.6 Å². The standard InChI is InChI=1S/C57H47BN2S/c1-36-30-50-55-51(31-36)60(47-23-15-25-53-54(47)42-22-12-13-24-52(42)61-53)49-35-44-43(56(2,3)28-29-57(44,4)5)34-46(49)58(55)45-27-26-40(38-18-10-7-11-19-38)33-48(45)59(50)41-21-14-20-39(32-41)37-16-8-6-9-17-37/h6-27,30-35H,28-29H2,1-5H3. The van der Waals surface area contributed by atoms with Crippen molar-refractivity contribution in [3.05, 3.63) is 187 Å². The Balaban J connectivity index is 1.20. The first-order chi connectivity index (χ1) is 29.6. The average Bonchev–Trinajstić information content (AvgIpc) is 3.67. The molecule has 9 aromatic rings. The second kappa shape index (κ2) is 13.3. The Morgan fingerprint density at radius 1 is 0.459 bits per heavy atom. The van der Waals surface area contributed by atoms with Crippen LogP contribution in [0.25, 0.3) is 42.4 Å². The number of thiophene rings is 1. The average molecular weight is 803 g/mol. The molecule has 2 aliphatic heterocycles. The third-order valence-corrected chi connectivity index (χ3v) is 15.3. The monoisotopic (exact) mass is 802 g/mol. The van der Waals surface area contributed by atoms with E-state index >= 15 is 0 Å². The third kappa shape index (κ3) is 5.54. The van der Waals surface area contributed by atoms with E-state index in [-0.39, 0.29) is 17.5 Å². The molecule has 0 amide bonds. The number of hydrogen-bond donors (Lipinski definition) is 0. The molecule has 12 rings (SSSR count). The van der Waals surface area contributed by atoms with Crippen molar-refractivity contribution in [3.63, 3.8) is 0 Å². The van der Waals surface area contributed by atoms with Crippen molar-refractivity contribution in [1.29, 1.82) is 0 Å². The lowest BCUT2D eigenvalue weighted by molar-refractivity contribution is 0.332. The summed E-state index contributed by atoms with van der Waals surface area (Å²) in [5, 5.41) is 2.65. The van der Waals surface area contributed by atoms with Gasteiger partial charge < -0.3 is 9.80 Å². The highest BCUT2D eigenvalue weighted by atomic mass is 32.1. The normalized spacial score (nSPS) is 15.7. The first-order valence-electron chi connectivity index (χ1n) is 21.8. The maximum Gasteiger partial charge on any atom is 0.252 e. The van der Waals surface area contributed by atoms with Crippen molar-refractivity contribution >= 4 is 88.7 Å². The molecule has 0 fully saturated rings. The second-order valence-corrected chi connectivity index (χ2v) is 19.9. The Kier molecular flexibility index (Phi) is 7.97. The molecule has 1 aromatic heterocycles. The highest BCUT2D eigenvalue weighted by Crippen LogP contribution is 2.52. The lowest BCUT2D eigenvalue weighted by atomic mass is 9.33. The smallest absolute Gasteiger partial charge is 0.252 e. The van der Waals surface area contributed by atoms with E-state index in [2.05, 4.69) is 214 Å². The number of anilines is 6. The summed E-state index contributed by atoms with van der Waals surface area (Å²) in [7, 11) is 0. The first-order valence-corrected chi connectivity index (χ1v) is 22.7.